The molecule has 0 aliphatic rings. The van der Waals surface area contributed by atoms with E-state index in [1.54, 1.807) is 0 Å². The number of carboxylic acid groups (broad SMARTS) is 2. The van der Waals surface area contributed by atoms with E-state index < -0.39 is 60.2 Å². The van der Waals surface area contributed by atoms with Crippen LogP contribution in [0.2, 0.25) is 0 Å². The molecule has 9 N–H and O–H groups in total. The summed E-state index contributed by atoms with van der Waals surface area (Å²) >= 11 is 2.88. The number of thioether (sulfide) groups is 2. The Balaban J connectivity index is 5.44. The molecule has 0 radical (unpaired) electrons. The minimum absolute atomic E-state index is 0.222. The van der Waals surface area contributed by atoms with Gasteiger partial charge in [-0.2, -0.15) is 23.5 Å². The van der Waals surface area contributed by atoms with Crippen molar-refractivity contribution in [3.8, 4) is 0 Å². The molecule has 0 aliphatic heterocycles. The van der Waals surface area contributed by atoms with E-state index in [2.05, 4.69) is 16.0 Å². The molecule has 0 saturated carbocycles. The minimum Gasteiger partial charge on any atom is -0.481 e. The van der Waals surface area contributed by atoms with Crippen molar-refractivity contribution >= 4 is 53.2 Å². The molecule has 4 atom stereocenters. The van der Waals surface area contributed by atoms with Gasteiger partial charge in [0, 0.05) is 0 Å². The number of hydrogen-bond donors (Lipinski definition) is 7. The lowest BCUT2D eigenvalue weighted by molar-refractivity contribution is -0.142. The van der Waals surface area contributed by atoms with Crippen molar-refractivity contribution in [3.05, 3.63) is 0 Å². The highest BCUT2D eigenvalue weighted by Crippen LogP contribution is 2.07. The van der Waals surface area contributed by atoms with E-state index in [1.807, 2.05) is 12.5 Å². The van der Waals surface area contributed by atoms with Crippen molar-refractivity contribution in [2.45, 2.75) is 62.7 Å². The molecule has 3 amide bonds. The van der Waals surface area contributed by atoms with Crippen LogP contribution in [-0.2, 0) is 24.0 Å². The number of rotatable bonds is 19. The quantitative estimate of drug-likeness (QED) is 0.102. The molecule has 0 aromatic rings. The number of carboxylic acids is 2. The van der Waals surface area contributed by atoms with E-state index in [0.717, 1.165) is 0 Å². The highest BCUT2D eigenvalue weighted by Gasteiger charge is 2.30. The number of amides is 3. The van der Waals surface area contributed by atoms with Gasteiger partial charge in [-0.3, -0.25) is 19.2 Å². The summed E-state index contributed by atoms with van der Waals surface area (Å²) < 4.78 is 0. The van der Waals surface area contributed by atoms with Crippen LogP contribution in [-0.4, -0.2) is 94.6 Å². The fourth-order valence-corrected chi connectivity index (χ4v) is 3.81. The smallest absolute Gasteiger partial charge is 0.326 e. The molecule has 0 spiro atoms. The Morgan fingerprint density at radius 1 is 0.765 bits per heavy atom. The van der Waals surface area contributed by atoms with Gasteiger partial charge in [-0.1, -0.05) is 0 Å². The van der Waals surface area contributed by atoms with Gasteiger partial charge in [0.15, 0.2) is 0 Å². The van der Waals surface area contributed by atoms with Crippen LogP contribution >= 0.6 is 23.5 Å². The summed E-state index contributed by atoms with van der Waals surface area (Å²) in [5.74, 6) is -3.47. The molecule has 0 aliphatic carbocycles. The molecule has 12 nitrogen and oxygen atoms in total. The highest BCUT2D eigenvalue weighted by molar-refractivity contribution is 7.98. The van der Waals surface area contributed by atoms with Crippen LogP contribution in [0, 0.1) is 0 Å². The summed E-state index contributed by atoms with van der Waals surface area (Å²) in [6.45, 7) is 0.391. The summed E-state index contributed by atoms with van der Waals surface area (Å²) in [5, 5.41) is 25.7. The van der Waals surface area contributed by atoms with Crippen molar-refractivity contribution in [2.75, 3.05) is 30.6 Å². The zero-order valence-electron chi connectivity index (χ0n) is 19.6. The van der Waals surface area contributed by atoms with Crippen molar-refractivity contribution < 1.29 is 34.2 Å². The third-order valence-corrected chi connectivity index (χ3v) is 6.07. The second kappa shape index (κ2) is 18.3. The van der Waals surface area contributed by atoms with Crippen LogP contribution < -0.4 is 27.4 Å². The predicted molar refractivity (Wildman–Crippen MR) is 133 cm³/mol. The van der Waals surface area contributed by atoms with Crippen molar-refractivity contribution in [1.82, 2.24) is 16.0 Å². The second-order valence-corrected chi connectivity index (χ2v) is 9.54. The lowest BCUT2D eigenvalue weighted by Crippen LogP contribution is -2.57. The van der Waals surface area contributed by atoms with Gasteiger partial charge in [-0.25, -0.2) is 4.79 Å². The van der Waals surface area contributed by atoms with Gasteiger partial charge in [0.2, 0.25) is 17.7 Å². The fraction of sp³-hybridized carbons (Fsp3) is 0.750. The van der Waals surface area contributed by atoms with E-state index >= 15 is 0 Å². The van der Waals surface area contributed by atoms with Crippen molar-refractivity contribution in [1.29, 1.82) is 0 Å². The lowest BCUT2D eigenvalue weighted by Gasteiger charge is -2.25. The van der Waals surface area contributed by atoms with E-state index in [1.165, 1.54) is 23.5 Å². The van der Waals surface area contributed by atoms with Gasteiger partial charge in [0.05, 0.1) is 12.5 Å². The first kappa shape index (κ1) is 32.0. The first-order chi connectivity index (χ1) is 16.1. The molecule has 0 heterocycles. The first-order valence-electron chi connectivity index (χ1n) is 10.9. The van der Waals surface area contributed by atoms with E-state index in [0.29, 0.717) is 30.9 Å². The second-order valence-electron chi connectivity index (χ2n) is 7.57. The average molecular weight is 524 g/mol. The normalized spacial score (nSPS) is 14.4. The maximum atomic E-state index is 13.0. The van der Waals surface area contributed by atoms with E-state index in [4.69, 9.17) is 16.6 Å². The first-order valence-corrected chi connectivity index (χ1v) is 13.6. The number of nitrogens with one attached hydrogen (secondary N) is 3. The lowest BCUT2D eigenvalue weighted by atomic mass is 10.1. The Bertz CT molecular complexity index is 684. The Morgan fingerprint density at radius 3 is 1.71 bits per heavy atom. The summed E-state index contributed by atoms with van der Waals surface area (Å²) in [6.07, 6.45) is 4.83. The molecule has 0 rings (SSSR count). The van der Waals surface area contributed by atoms with Crippen molar-refractivity contribution in [3.63, 3.8) is 0 Å². The number of hydrogen-bond acceptors (Lipinski definition) is 9. The Kier molecular flexibility index (Phi) is 17.2. The van der Waals surface area contributed by atoms with Crippen LogP contribution in [0.25, 0.3) is 0 Å². The van der Waals surface area contributed by atoms with Crippen LogP contribution in [0.5, 0.6) is 0 Å². The molecule has 0 aromatic carbocycles. The zero-order valence-corrected chi connectivity index (χ0v) is 21.2. The largest absolute Gasteiger partial charge is 0.481 e. The topological polar surface area (TPSA) is 214 Å². The Morgan fingerprint density at radius 2 is 1.24 bits per heavy atom. The molecule has 4 unspecified atom stereocenters. The number of nitrogens with two attached hydrogens (primary N) is 2. The van der Waals surface area contributed by atoms with Crippen LogP contribution in [0.1, 0.15) is 38.5 Å². The number of carbonyl (C=O) groups excluding carboxylic acids is 3. The average Bonchev–Trinajstić information content (AvgIpc) is 2.77. The minimum atomic E-state index is -1.33. The number of aliphatic carboxylic acids is 2. The molecule has 0 fully saturated rings. The maximum absolute atomic E-state index is 13.0. The summed E-state index contributed by atoms with van der Waals surface area (Å²) in [7, 11) is 0. The molecule has 14 heteroatoms. The third-order valence-electron chi connectivity index (χ3n) is 4.78. The maximum Gasteiger partial charge on any atom is 0.326 e. The van der Waals surface area contributed by atoms with Gasteiger partial charge < -0.3 is 37.6 Å². The summed E-state index contributed by atoms with van der Waals surface area (Å²) in [6, 6.07) is -4.51. The molecular weight excluding hydrogens is 486 g/mol. The number of carbonyl (C=O) groups is 5. The zero-order chi connectivity index (χ0) is 26.1. The van der Waals surface area contributed by atoms with Crippen LogP contribution in [0.3, 0.4) is 0 Å². The molecule has 0 saturated heterocycles. The molecule has 196 valence electrons. The molecule has 0 aromatic heterocycles. The SMILES string of the molecule is CSCCC(NC(=O)C(CCCCN)NC(=O)C(CCSC)NC(=O)C(N)CC(=O)O)C(=O)O. The molecule has 0 bridgehead atoms. The fourth-order valence-electron chi connectivity index (χ4n) is 2.86. The monoisotopic (exact) mass is 523 g/mol. The standard InChI is InChI=1S/C20H37N5O7S2/c1-33-9-6-14(23-17(28)12(22)11-16(26)27)19(30)24-13(5-3-4-8-21)18(29)25-15(20(31)32)7-10-34-2/h12-15H,3-11,21-22H2,1-2H3,(H,23,28)(H,24,30)(H,25,29)(H,26,27)(H,31,32). The summed E-state index contributed by atoms with van der Waals surface area (Å²) in [4.78, 5) is 60.4. The van der Waals surface area contributed by atoms with Gasteiger partial charge >= 0.3 is 11.9 Å². The van der Waals surface area contributed by atoms with Gasteiger partial charge in [-0.05, 0) is 62.7 Å². The Hall–Kier alpha value is -2.03. The Labute approximate surface area is 208 Å². The third kappa shape index (κ3) is 13.6. The molecule has 34 heavy (non-hydrogen) atoms. The van der Waals surface area contributed by atoms with Crippen LogP contribution in [0.4, 0.5) is 0 Å². The highest BCUT2D eigenvalue weighted by atomic mass is 32.2. The summed E-state index contributed by atoms with van der Waals surface area (Å²) in [5.41, 5.74) is 11.1. The van der Waals surface area contributed by atoms with Gasteiger partial charge in [0.25, 0.3) is 0 Å². The van der Waals surface area contributed by atoms with E-state index in [9.17, 15) is 29.1 Å². The van der Waals surface area contributed by atoms with Gasteiger partial charge in [0.1, 0.15) is 18.1 Å². The van der Waals surface area contributed by atoms with Gasteiger partial charge in [-0.15, -0.1) is 0 Å². The molecular formula is C20H37N5O7S2. The van der Waals surface area contributed by atoms with Crippen molar-refractivity contribution in [2.24, 2.45) is 11.5 Å². The van der Waals surface area contributed by atoms with E-state index in [-0.39, 0.29) is 19.3 Å². The van der Waals surface area contributed by atoms with Crippen LogP contribution in [0.15, 0.2) is 0 Å². The predicted octanol–water partition coefficient (Wildman–Crippen LogP) is -1.04. The number of unbranched alkanes of at least 4 members (excludes halogenated alkanes) is 1.